The van der Waals surface area contributed by atoms with Gasteiger partial charge >= 0.3 is 0 Å². The number of rotatable bonds is 6. The van der Waals surface area contributed by atoms with Gasteiger partial charge in [0.1, 0.15) is 5.69 Å². The van der Waals surface area contributed by atoms with E-state index in [9.17, 15) is 15.0 Å². The van der Waals surface area contributed by atoms with Gasteiger partial charge in [0, 0.05) is 17.7 Å². The predicted molar refractivity (Wildman–Crippen MR) is 121 cm³/mol. The van der Waals surface area contributed by atoms with E-state index in [4.69, 9.17) is 4.52 Å². The third-order valence-corrected chi connectivity index (χ3v) is 6.72. The van der Waals surface area contributed by atoms with Crippen molar-refractivity contribution in [2.45, 2.75) is 58.4 Å². The van der Waals surface area contributed by atoms with Gasteiger partial charge in [-0.2, -0.15) is 0 Å². The first kappa shape index (κ1) is 20.9. The highest BCUT2D eigenvalue weighted by atomic mass is 16.5. The molecule has 0 saturated heterocycles. The molecule has 0 spiro atoms. The van der Waals surface area contributed by atoms with Gasteiger partial charge in [0.15, 0.2) is 5.76 Å². The average molecular weight is 433 g/mol. The number of aromatic nitrogens is 1. The number of hydrogen-bond donors (Lipinski definition) is 2. The van der Waals surface area contributed by atoms with Crippen LogP contribution in [0.2, 0.25) is 0 Å². The van der Waals surface area contributed by atoms with Crippen molar-refractivity contribution in [3.8, 4) is 22.5 Å². The maximum absolute atomic E-state index is 13.5. The molecule has 1 aliphatic carbocycles. The molecule has 0 bridgehead atoms. The van der Waals surface area contributed by atoms with Crippen LogP contribution in [-0.4, -0.2) is 37.8 Å². The molecule has 5 rings (SSSR count). The molecule has 32 heavy (non-hydrogen) atoms. The number of fused-ring (bicyclic) bond motifs is 1. The van der Waals surface area contributed by atoms with Crippen LogP contribution in [0, 0.1) is 12.8 Å². The lowest BCUT2D eigenvalue weighted by Gasteiger charge is -2.37. The van der Waals surface area contributed by atoms with Crippen LogP contribution >= 0.6 is 0 Å². The first-order valence-corrected chi connectivity index (χ1v) is 11.1. The van der Waals surface area contributed by atoms with E-state index in [1.165, 1.54) is 0 Å². The number of aliphatic hydroxyl groups excluding tert-OH is 1. The topological polar surface area (TPSA) is 86.8 Å². The molecule has 6 nitrogen and oxygen atoms in total. The number of aliphatic hydroxyl groups is 2. The number of amides is 1. The van der Waals surface area contributed by atoms with Gasteiger partial charge in [-0.1, -0.05) is 47.6 Å². The summed E-state index contributed by atoms with van der Waals surface area (Å²) in [5.41, 5.74) is 4.87. The Bertz CT molecular complexity index is 1170. The summed E-state index contributed by atoms with van der Waals surface area (Å²) in [6.45, 7) is 5.86. The minimum atomic E-state index is -0.941. The fourth-order valence-electron chi connectivity index (χ4n) is 5.06. The molecular weight excluding hydrogens is 404 g/mol. The normalized spacial score (nSPS) is 17.0. The van der Waals surface area contributed by atoms with Gasteiger partial charge in [0.2, 0.25) is 0 Å². The van der Waals surface area contributed by atoms with Gasteiger partial charge in [-0.15, -0.1) is 0 Å². The zero-order valence-electron chi connectivity index (χ0n) is 18.6. The van der Waals surface area contributed by atoms with E-state index in [0.29, 0.717) is 23.9 Å². The number of hydrogen-bond acceptors (Lipinski definition) is 5. The quantitative estimate of drug-likeness (QED) is 0.606. The monoisotopic (exact) mass is 432 g/mol. The lowest BCUT2D eigenvalue weighted by Crippen LogP contribution is -2.51. The minimum absolute atomic E-state index is 0.00244. The van der Waals surface area contributed by atoms with Crippen LogP contribution in [0.1, 0.15) is 53.9 Å². The Labute approximate surface area is 187 Å². The Morgan fingerprint density at radius 1 is 1.16 bits per heavy atom. The molecule has 0 radical (unpaired) electrons. The molecule has 2 aromatic carbocycles. The van der Waals surface area contributed by atoms with Crippen LogP contribution in [0.4, 0.5) is 0 Å². The smallest absolute Gasteiger partial charge is 0.255 e. The fraction of sp³-hybridized carbons (Fsp3) is 0.385. The summed E-state index contributed by atoms with van der Waals surface area (Å²) in [6, 6.07) is 13.7. The number of benzene rings is 2. The van der Waals surface area contributed by atoms with Crippen molar-refractivity contribution >= 4 is 5.91 Å². The zero-order valence-corrected chi connectivity index (χ0v) is 18.6. The molecule has 1 atom stereocenters. The molecule has 1 unspecified atom stereocenters. The lowest BCUT2D eigenvalue weighted by atomic mass is 9.92. The average Bonchev–Trinajstić information content (AvgIpc) is 3.44. The van der Waals surface area contributed by atoms with E-state index in [2.05, 4.69) is 5.16 Å². The Kier molecular flexibility index (Phi) is 4.95. The highest BCUT2D eigenvalue weighted by molar-refractivity contribution is 6.04. The van der Waals surface area contributed by atoms with Gasteiger partial charge in [-0.3, -0.25) is 4.79 Å². The molecule has 1 aliphatic heterocycles. The SMILES string of the molecule is Cc1c(CO)noc1-c1ccc(-c2cccc3c2C(=O)N(C(C2CC2)C(C)(C)O)C3)cc1. The van der Waals surface area contributed by atoms with E-state index < -0.39 is 5.60 Å². The van der Waals surface area contributed by atoms with E-state index >= 15 is 0 Å². The number of nitrogens with zero attached hydrogens (tertiary/aromatic N) is 2. The molecular formula is C26H28N2O4. The van der Waals surface area contributed by atoms with Crippen molar-refractivity contribution in [3.05, 3.63) is 64.8 Å². The van der Waals surface area contributed by atoms with Crippen molar-refractivity contribution in [1.29, 1.82) is 0 Å². The second-order valence-electron chi connectivity index (χ2n) is 9.53. The first-order valence-electron chi connectivity index (χ1n) is 11.1. The Hall–Kier alpha value is -2.96. The molecule has 2 N–H and O–H groups in total. The molecule has 2 heterocycles. The fourth-order valence-corrected chi connectivity index (χ4v) is 5.06. The van der Waals surface area contributed by atoms with Crippen LogP contribution in [-0.2, 0) is 13.2 Å². The molecule has 1 saturated carbocycles. The molecule has 1 fully saturated rings. The highest BCUT2D eigenvalue weighted by Crippen LogP contribution is 2.44. The molecule has 3 aromatic rings. The van der Waals surface area contributed by atoms with E-state index in [-0.39, 0.29) is 18.6 Å². The zero-order chi connectivity index (χ0) is 22.6. The molecule has 166 valence electrons. The lowest BCUT2D eigenvalue weighted by molar-refractivity contribution is -0.0224. The Morgan fingerprint density at radius 3 is 2.44 bits per heavy atom. The second-order valence-corrected chi connectivity index (χ2v) is 9.53. The van der Waals surface area contributed by atoms with E-state index in [1.807, 2.05) is 54.3 Å². The molecule has 6 heteroatoms. The highest BCUT2D eigenvalue weighted by Gasteiger charge is 2.48. The van der Waals surface area contributed by atoms with Crippen LogP contribution in [0.3, 0.4) is 0 Å². The van der Waals surface area contributed by atoms with Crippen molar-refractivity contribution in [2.24, 2.45) is 5.92 Å². The Balaban J connectivity index is 1.48. The maximum atomic E-state index is 13.5. The second kappa shape index (κ2) is 7.57. The van der Waals surface area contributed by atoms with Gasteiger partial charge in [0.25, 0.3) is 5.91 Å². The molecule has 1 amide bonds. The standard InChI is InChI=1S/C26H28N2O4/c1-15-21(14-29)27-32-23(15)17-9-7-16(8-10-17)20-6-4-5-19-13-28(25(30)22(19)20)24(18-11-12-18)26(2,3)31/h4-10,18,24,29,31H,11-14H2,1-3H3. The number of carbonyl (C=O) groups is 1. The van der Waals surface area contributed by atoms with E-state index in [0.717, 1.165) is 46.2 Å². The summed E-state index contributed by atoms with van der Waals surface area (Å²) >= 11 is 0. The van der Waals surface area contributed by atoms with Crippen molar-refractivity contribution in [3.63, 3.8) is 0 Å². The third kappa shape index (κ3) is 3.44. The van der Waals surface area contributed by atoms with Crippen LogP contribution < -0.4 is 0 Å². The van der Waals surface area contributed by atoms with Crippen LogP contribution in [0.25, 0.3) is 22.5 Å². The van der Waals surface area contributed by atoms with Crippen molar-refractivity contribution in [1.82, 2.24) is 10.1 Å². The summed E-state index contributed by atoms with van der Waals surface area (Å²) in [5.74, 6) is 1.00. The van der Waals surface area contributed by atoms with Gasteiger partial charge in [-0.05, 0) is 56.2 Å². The van der Waals surface area contributed by atoms with E-state index in [1.54, 1.807) is 13.8 Å². The number of carbonyl (C=O) groups excluding carboxylic acids is 1. The van der Waals surface area contributed by atoms with Crippen molar-refractivity contribution in [2.75, 3.05) is 0 Å². The van der Waals surface area contributed by atoms with Gasteiger partial charge in [0.05, 0.1) is 23.8 Å². The Morgan fingerprint density at radius 2 is 1.84 bits per heavy atom. The summed E-state index contributed by atoms with van der Waals surface area (Å²) in [6.07, 6.45) is 2.12. The van der Waals surface area contributed by atoms with Crippen molar-refractivity contribution < 1.29 is 19.5 Å². The van der Waals surface area contributed by atoms with Gasteiger partial charge in [-0.25, -0.2) is 0 Å². The predicted octanol–water partition coefficient (Wildman–Crippen LogP) is 4.31. The van der Waals surface area contributed by atoms with Gasteiger partial charge < -0.3 is 19.6 Å². The summed E-state index contributed by atoms with van der Waals surface area (Å²) in [7, 11) is 0. The summed E-state index contributed by atoms with van der Waals surface area (Å²) < 4.78 is 5.42. The largest absolute Gasteiger partial charge is 0.390 e. The molecule has 1 aromatic heterocycles. The third-order valence-electron chi connectivity index (χ3n) is 6.72. The first-order chi connectivity index (χ1) is 15.3. The van der Waals surface area contributed by atoms with Crippen LogP contribution in [0.5, 0.6) is 0 Å². The maximum Gasteiger partial charge on any atom is 0.255 e. The summed E-state index contributed by atoms with van der Waals surface area (Å²) in [4.78, 5) is 15.4. The molecule has 2 aliphatic rings. The summed E-state index contributed by atoms with van der Waals surface area (Å²) in [5, 5.41) is 24.1. The van der Waals surface area contributed by atoms with Crippen LogP contribution in [0.15, 0.2) is 47.0 Å². The minimum Gasteiger partial charge on any atom is -0.390 e.